The molecular weight excluding hydrogens is 292 g/mol. The zero-order valence-electron chi connectivity index (χ0n) is 13.5. The Morgan fingerprint density at radius 2 is 2.22 bits per heavy atom. The fraction of sp³-hybridized carbons (Fsp3) is 0.471. The molecule has 2 atom stereocenters. The van der Waals surface area contributed by atoms with Crippen molar-refractivity contribution in [3.05, 3.63) is 46.0 Å². The highest BCUT2D eigenvalue weighted by atomic mass is 16.2. The van der Waals surface area contributed by atoms with Gasteiger partial charge < -0.3 is 10.6 Å². The SMILES string of the molecule is Cc1ccc2ncc(C(=O)N3CCC(C)CC3CN)c(=O)n2c1. The highest BCUT2D eigenvalue weighted by molar-refractivity contribution is 5.94. The third-order valence-electron chi connectivity index (χ3n) is 4.59. The number of hydrogen-bond acceptors (Lipinski definition) is 4. The molecule has 1 fully saturated rings. The third-order valence-corrected chi connectivity index (χ3v) is 4.59. The number of fused-ring (bicyclic) bond motifs is 1. The van der Waals surface area contributed by atoms with Crippen molar-refractivity contribution >= 4 is 11.6 Å². The minimum absolute atomic E-state index is 0.0103. The number of piperidine rings is 1. The summed E-state index contributed by atoms with van der Waals surface area (Å²) in [5, 5.41) is 0. The lowest BCUT2D eigenvalue weighted by atomic mass is 9.92. The van der Waals surface area contributed by atoms with Crippen LogP contribution in [0, 0.1) is 12.8 Å². The molecule has 1 aliphatic rings. The maximum atomic E-state index is 12.8. The summed E-state index contributed by atoms with van der Waals surface area (Å²) in [6.45, 7) is 5.12. The summed E-state index contributed by atoms with van der Waals surface area (Å²) in [6, 6.07) is 3.65. The van der Waals surface area contributed by atoms with Crippen molar-refractivity contribution in [1.82, 2.24) is 14.3 Å². The van der Waals surface area contributed by atoms with Crippen LogP contribution in [0.2, 0.25) is 0 Å². The van der Waals surface area contributed by atoms with Crippen molar-refractivity contribution in [1.29, 1.82) is 0 Å². The van der Waals surface area contributed by atoms with E-state index in [1.807, 2.05) is 13.0 Å². The predicted molar refractivity (Wildman–Crippen MR) is 88.5 cm³/mol. The van der Waals surface area contributed by atoms with E-state index in [4.69, 9.17) is 5.73 Å². The van der Waals surface area contributed by atoms with Crippen molar-refractivity contribution in [3.63, 3.8) is 0 Å². The molecule has 0 saturated carbocycles. The van der Waals surface area contributed by atoms with E-state index in [2.05, 4.69) is 11.9 Å². The molecule has 1 saturated heterocycles. The van der Waals surface area contributed by atoms with E-state index in [-0.39, 0.29) is 23.1 Å². The average molecular weight is 314 g/mol. The van der Waals surface area contributed by atoms with Gasteiger partial charge in [0.05, 0.1) is 0 Å². The molecule has 3 heterocycles. The Morgan fingerprint density at radius 3 is 2.96 bits per heavy atom. The second kappa shape index (κ2) is 6.12. The number of pyridine rings is 1. The Balaban J connectivity index is 2.01. The first-order valence-electron chi connectivity index (χ1n) is 8.00. The summed E-state index contributed by atoms with van der Waals surface area (Å²) in [7, 11) is 0. The van der Waals surface area contributed by atoms with Crippen molar-refractivity contribution in [2.45, 2.75) is 32.7 Å². The topological polar surface area (TPSA) is 80.7 Å². The summed E-state index contributed by atoms with van der Waals surface area (Å²) >= 11 is 0. The standard InChI is InChI=1S/C17H22N4O2/c1-11-5-6-20(13(7-11)8-18)16(22)14-9-19-15-4-3-12(2)10-21(15)17(14)23/h3-4,9-11,13H,5-8,18H2,1-2H3. The Kier molecular flexibility index (Phi) is 4.17. The predicted octanol–water partition coefficient (Wildman–Crippen LogP) is 1.20. The van der Waals surface area contributed by atoms with Gasteiger partial charge in [0.15, 0.2) is 0 Å². The van der Waals surface area contributed by atoms with Crippen LogP contribution in [0.25, 0.3) is 5.65 Å². The van der Waals surface area contributed by atoms with Gasteiger partial charge in [0.1, 0.15) is 11.2 Å². The molecule has 1 aliphatic heterocycles. The van der Waals surface area contributed by atoms with Gasteiger partial charge in [-0.15, -0.1) is 0 Å². The summed E-state index contributed by atoms with van der Waals surface area (Å²) in [4.78, 5) is 31.5. The van der Waals surface area contributed by atoms with Crippen LogP contribution >= 0.6 is 0 Å². The molecule has 23 heavy (non-hydrogen) atoms. The number of hydrogen-bond donors (Lipinski definition) is 1. The Hall–Kier alpha value is -2.21. The monoisotopic (exact) mass is 314 g/mol. The van der Waals surface area contributed by atoms with Crippen LogP contribution < -0.4 is 11.3 Å². The minimum Gasteiger partial charge on any atom is -0.334 e. The van der Waals surface area contributed by atoms with Gasteiger partial charge in [0, 0.05) is 31.5 Å². The first kappa shape index (κ1) is 15.7. The summed E-state index contributed by atoms with van der Waals surface area (Å²) in [6.07, 6.45) is 4.91. The lowest BCUT2D eigenvalue weighted by Gasteiger charge is -2.37. The maximum Gasteiger partial charge on any atom is 0.270 e. The second-order valence-corrected chi connectivity index (χ2v) is 6.43. The number of nitrogens with zero attached hydrogens (tertiary/aromatic N) is 3. The van der Waals surface area contributed by atoms with E-state index in [1.54, 1.807) is 17.2 Å². The lowest BCUT2D eigenvalue weighted by Crippen LogP contribution is -2.50. The van der Waals surface area contributed by atoms with Crippen LogP contribution in [-0.2, 0) is 0 Å². The van der Waals surface area contributed by atoms with Gasteiger partial charge in [0.25, 0.3) is 11.5 Å². The Morgan fingerprint density at radius 1 is 1.43 bits per heavy atom. The van der Waals surface area contributed by atoms with E-state index in [9.17, 15) is 9.59 Å². The highest BCUT2D eigenvalue weighted by Crippen LogP contribution is 2.23. The van der Waals surface area contributed by atoms with E-state index in [1.165, 1.54) is 10.6 Å². The number of aryl methyl sites for hydroxylation is 1. The summed E-state index contributed by atoms with van der Waals surface area (Å²) in [5.41, 5.74) is 7.10. The smallest absolute Gasteiger partial charge is 0.270 e. The number of amides is 1. The van der Waals surface area contributed by atoms with E-state index >= 15 is 0 Å². The van der Waals surface area contributed by atoms with Gasteiger partial charge in [-0.05, 0) is 37.3 Å². The van der Waals surface area contributed by atoms with Crippen LogP contribution in [0.5, 0.6) is 0 Å². The molecule has 0 radical (unpaired) electrons. The lowest BCUT2D eigenvalue weighted by molar-refractivity contribution is 0.0571. The van der Waals surface area contributed by atoms with Crippen LogP contribution in [0.15, 0.2) is 29.3 Å². The van der Waals surface area contributed by atoms with Crippen molar-refractivity contribution in [2.75, 3.05) is 13.1 Å². The Labute approximate surface area is 134 Å². The first-order valence-corrected chi connectivity index (χ1v) is 8.00. The molecule has 2 unspecified atom stereocenters. The van der Waals surface area contributed by atoms with E-state index in [0.717, 1.165) is 18.4 Å². The molecule has 1 amide bonds. The number of likely N-dealkylation sites (tertiary alicyclic amines) is 1. The van der Waals surface area contributed by atoms with Gasteiger partial charge >= 0.3 is 0 Å². The van der Waals surface area contributed by atoms with Crippen LogP contribution in [0.4, 0.5) is 0 Å². The maximum absolute atomic E-state index is 12.8. The van der Waals surface area contributed by atoms with E-state index < -0.39 is 0 Å². The molecule has 0 bridgehead atoms. The number of carbonyl (C=O) groups is 1. The van der Waals surface area contributed by atoms with E-state index in [0.29, 0.717) is 24.7 Å². The molecule has 6 heteroatoms. The van der Waals surface area contributed by atoms with Crippen LogP contribution in [-0.4, -0.2) is 39.3 Å². The molecule has 122 valence electrons. The van der Waals surface area contributed by atoms with Gasteiger partial charge in [0.2, 0.25) is 0 Å². The average Bonchev–Trinajstić information content (AvgIpc) is 2.55. The Bertz CT molecular complexity index is 799. The van der Waals surface area contributed by atoms with Crippen molar-refractivity contribution in [2.24, 2.45) is 11.7 Å². The molecule has 0 spiro atoms. The number of aromatic nitrogens is 2. The number of rotatable bonds is 2. The molecule has 2 aromatic rings. The summed E-state index contributed by atoms with van der Waals surface area (Å²) < 4.78 is 1.44. The normalized spacial score (nSPS) is 21.6. The zero-order valence-corrected chi connectivity index (χ0v) is 13.5. The molecular formula is C17H22N4O2. The number of nitrogens with two attached hydrogens (primary N) is 1. The summed E-state index contributed by atoms with van der Waals surface area (Å²) in [5.74, 6) is 0.284. The zero-order chi connectivity index (χ0) is 16.6. The molecule has 0 aliphatic carbocycles. The number of carbonyl (C=O) groups excluding carboxylic acids is 1. The second-order valence-electron chi connectivity index (χ2n) is 6.43. The molecule has 2 aromatic heterocycles. The molecule has 2 N–H and O–H groups in total. The largest absolute Gasteiger partial charge is 0.334 e. The fourth-order valence-electron chi connectivity index (χ4n) is 3.23. The van der Waals surface area contributed by atoms with Gasteiger partial charge in [-0.3, -0.25) is 14.0 Å². The molecule has 6 nitrogen and oxygen atoms in total. The van der Waals surface area contributed by atoms with Gasteiger partial charge in [-0.1, -0.05) is 13.0 Å². The van der Waals surface area contributed by atoms with Gasteiger partial charge in [-0.2, -0.15) is 0 Å². The van der Waals surface area contributed by atoms with Gasteiger partial charge in [-0.25, -0.2) is 4.98 Å². The van der Waals surface area contributed by atoms with Crippen LogP contribution in [0.1, 0.15) is 35.7 Å². The molecule has 0 aromatic carbocycles. The van der Waals surface area contributed by atoms with Crippen LogP contribution in [0.3, 0.4) is 0 Å². The fourth-order valence-corrected chi connectivity index (χ4v) is 3.23. The first-order chi connectivity index (χ1) is 11.0. The van der Waals surface area contributed by atoms with Crippen molar-refractivity contribution in [3.8, 4) is 0 Å². The van der Waals surface area contributed by atoms with Crippen molar-refractivity contribution < 1.29 is 4.79 Å². The quantitative estimate of drug-likeness (QED) is 0.903. The molecule has 3 rings (SSSR count). The highest BCUT2D eigenvalue weighted by Gasteiger charge is 2.31. The minimum atomic E-state index is -0.321. The third kappa shape index (κ3) is 2.86.